The van der Waals surface area contributed by atoms with E-state index < -0.39 is 5.60 Å². The van der Waals surface area contributed by atoms with Crippen LogP contribution in [0.1, 0.15) is 66.8 Å². The van der Waals surface area contributed by atoms with Crippen LogP contribution in [0.15, 0.2) is 66.9 Å². The SMILES string of the molecule is CC(CCCCc1c[nH]c2ccc(F)cc12)NCCCC1(c2ccc(F)cc2)OCc2cc(C#N)ccc21. The lowest BCUT2D eigenvalue weighted by atomic mass is 9.81. The maximum atomic E-state index is 13.7. The number of nitrogens with zero attached hydrogens (tertiary/aromatic N) is 1. The van der Waals surface area contributed by atoms with Gasteiger partial charge >= 0.3 is 0 Å². The fraction of sp³-hybridized carbons (Fsp3) is 0.344. The summed E-state index contributed by atoms with van der Waals surface area (Å²) in [6.45, 7) is 3.50. The molecule has 4 nitrogen and oxygen atoms in total. The van der Waals surface area contributed by atoms with E-state index in [0.29, 0.717) is 18.2 Å². The van der Waals surface area contributed by atoms with Gasteiger partial charge in [0.1, 0.15) is 17.2 Å². The topological polar surface area (TPSA) is 60.8 Å². The Kier molecular flexibility index (Phi) is 7.87. The highest BCUT2D eigenvalue weighted by molar-refractivity contribution is 5.83. The molecule has 1 aliphatic rings. The van der Waals surface area contributed by atoms with Crippen molar-refractivity contribution in [1.29, 1.82) is 5.26 Å². The van der Waals surface area contributed by atoms with Crippen molar-refractivity contribution in [3.05, 3.63) is 106 Å². The zero-order valence-corrected chi connectivity index (χ0v) is 21.7. The molecule has 2 N–H and O–H groups in total. The summed E-state index contributed by atoms with van der Waals surface area (Å²) in [7, 11) is 0. The fourth-order valence-corrected chi connectivity index (χ4v) is 5.68. The Labute approximate surface area is 222 Å². The highest BCUT2D eigenvalue weighted by Gasteiger charge is 2.41. The molecule has 4 aromatic rings. The van der Waals surface area contributed by atoms with Crippen molar-refractivity contribution in [3.8, 4) is 6.07 Å². The number of benzene rings is 3. The van der Waals surface area contributed by atoms with Gasteiger partial charge in [-0.05, 0) is 110 Å². The first-order chi connectivity index (χ1) is 18.5. The normalized spacial score (nSPS) is 17.4. The van der Waals surface area contributed by atoms with E-state index in [1.165, 1.54) is 23.8 Å². The minimum atomic E-state index is -0.638. The van der Waals surface area contributed by atoms with Crippen LogP contribution in [0.25, 0.3) is 10.9 Å². The number of ether oxygens (including phenoxy) is 1. The van der Waals surface area contributed by atoms with E-state index in [0.717, 1.165) is 72.7 Å². The van der Waals surface area contributed by atoms with Gasteiger partial charge in [-0.3, -0.25) is 0 Å². The van der Waals surface area contributed by atoms with Crippen LogP contribution in [-0.4, -0.2) is 17.6 Å². The van der Waals surface area contributed by atoms with Gasteiger partial charge in [0.05, 0.1) is 18.2 Å². The molecule has 0 spiro atoms. The van der Waals surface area contributed by atoms with Crippen LogP contribution >= 0.6 is 0 Å². The van der Waals surface area contributed by atoms with E-state index in [1.807, 2.05) is 24.4 Å². The molecule has 5 rings (SSSR count). The van der Waals surface area contributed by atoms with Crippen molar-refractivity contribution < 1.29 is 13.5 Å². The van der Waals surface area contributed by atoms with Crippen LogP contribution in [0.5, 0.6) is 0 Å². The highest BCUT2D eigenvalue weighted by atomic mass is 19.1. The molecule has 0 saturated heterocycles. The predicted octanol–water partition coefficient (Wildman–Crippen LogP) is 7.26. The molecular formula is C32H33F2N3O. The van der Waals surface area contributed by atoms with Gasteiger partial charge in [0.25, 0.3) is 0 Å². The number of unbranched alkanes of at least 4 members (excludes halogenated alkanes) is 1. The zero-order valence-electron chi connectivity index (χ0n) is 21.7. The second kappa shape index (κ2) is 11.5. The lowest BCUT2D eigenvalue weighted by molar-refractivity contribution is -0.0130. The van der Waals surface area contributed by atoms with Crippen LogP contribution in [0.2, 0.25) is 0 Å². The van der Waals surface area contributed by atoms with Gasteiger partial charge in [0.2, 0.25) is 0 Å². The van der Waals surface area contributed by atoms with Crippen molar-refractivity contribution in [2.24, 2.45) is 0 Å². The number of rotatable bonds is 11. The number of nitriles is 1. The molecule has 6 heteroatoms. The molecule has 0 saturated carbocycles. The number of hydrogen-bond donors (Lipinski definition) is 2. The van der Waals surface area contributed by atoms with E-state index in [9.17, 15) is 14.0 Å². The van der Waals surface area contributed by atoms with Gasteiger partial charge in [-0.25, -0.2) is 8.78 Å². The molecule has 2 unspecified atom stereocenters. The summed E-state index contributed by atoms with van der Waals surface area (Å²) in [5.41, 5.74) is 5.16. The Bertz CT molecular complexity index is 1440. The highest BCUT2D eigenvalue weighted by Crippen LogP contribution is 2.45. The summed E-state index contributed by atoms with van der Waals surface area (Å²) in [6, 6.07) is 19.8. The molecule has 0 radical (unpaired) electrons. The molecule has 0 fully saturated rings. The first kappa shape index (κ1) is 26.1. The quantitative estimate of drug-likeness (QED) is 0.208. The number of nitrogens with one attached hydrogen (secondary N) is 2. The molecule has 196 valence electrons. The minimum absolute atomic E-state index is 0.198. The van der Waals surface area contributed by atoms with Gasteiger partial charge in [-0.2, -0.15) is 5.26 Å². The molecule has 3 aromatic carbocycles. The average molecular weight is 514 g/mol. The lowest BCUT2D eigenvalue weighted by Crippen LogP contribution is -2.31. The Morgan fingerprint density at radius 2 is 1.84 bits per heavy atom. The molecule has 1 aromatic heterocycles. The lowest BCUT2D eigenvalue weighted by Gasteiger charge is -2.31. The number of aryl methyl sites for hydroxylation is 1. The summed E-state index contributed by atoms with van der Waals surface area (Å²) < 4.78 is 33.7. The van der Waals surface area contributed by atoms with Crippen molar-refractivity contribution in [2.75, 3.05) is 6.54 Å². The summed E-state index contributed by atoms with van der Waals surface area (Å²) in [4.78, 5) is 3.23. The Balaban J connectivity index is 1.13. The van der Waals surface area contributed by atoms with Crippen molar-refractivity contribution in [3.63, 3.8) is 0 Å². The first-order valence-electron chi connectivity index (χ1n) is 13.4. The van der Waals surface area contributed by atoms with Crippen LogP contribution in [0.3, 0.4) is 0 Å². The van der Waals surface area contributed by atoms with Crippen LogP contribution in [0, 0.1) is 23.0 Å². The van der Waals surface area contributed by atoms with Gasteiger partial charge < -0.3 is 15.0 Å². The van der Waals surface area contributed by atoms with E-state index in [1.54, 1.807) is 24.3 Å². The Hall–Kier alpha value is -3.53. The molecule has 0 aliphatic carbocycles. The van der Waals surface area contributed by atoms with E-state index in [2.05, 4.69) is 23.3 Å². The number of halogens is 2. The number of fused-ring (bicyclic) bond motifs is 2. The largest absolute Gasteiger partial charge is 0.361 e. The second-order valence-corrected chi connectivity index (χ2v) is 10.3. The Morgan fingerprint density at radius 1 is 1.03 bits per heavy atom. The van der Waals surface area contributed by atoms with Crippen LogP contribution in [-0.2, 0) is 23.4 Å². The Morgan fingerprint density at radius 3 is 2.66 bits per heavy atom. The van der Waals surface area contributed by atoms with Gasteiger partial charge in [0, 0.05) is 23.1 Å². The van der Waals surface area contributed by atoms with E-state index in [-0.39, 0.29) is 11.6 Å². The molecule has 0 bridgehead atoms. The number of aromatic amines is 1. The third-order valence-electron chi connectivity index (χ3n) is 7.72. The van der Waals surface area contributed by atoms with Gasteiger partial charge in [-0.1, -0.05) is 24.6 Å². The third-order valence-corrected chi connectivity index (χ3v) is 7.72. The average Bonchev–Trinajstić information content (AvgIpc) is 3.50. The van der Waals surface area contributed by atoms with Gasteiger partial charge in [0.15, 0.2) is 0 Å². The van der Waals surface area contributed by atoms with E-state index >= 15 is 0 Å². The second-order valence-electron chi connectivity index (χ2n) is 10.3. The number of hydrogen-bond acceptors (Lipinski definition) is 3. The van der Waals surface area contributed by atoms with Gasteiger partial charge in [-0.15, -0.1) is 0 Å². The third kappa shape index (κ3) is 5.50. The van der Waals surface area contributed by atoms with Crippen LogP contribution in [0.4, 0.5) is 8.78 Å². The summed E-state index contributed by atoms with van der Waals surface area (Å²) >= 11 is 0. The molecule has 0 amide bonds. The monoisotopic (exact) mass is 513 g/mol. The zero-order chi connectivity index (χ0) is 26.5. The number of H-pyrrole nitrogens is 1. The molecule has 2 atom stereocenters. The van der Waals surface area contributed by atoms with Crippen molar-refractivity contribution >= 4 is 10.9 Å². The summed E-state index contributed by atoms with van der Waals surface area (Å²) in [5, 5.41) is 13.9. The standard InChI is InChI=1S/C32H33F2N3O/c1-22(5-2-3-6-24-20-37-31-14-12-28(34)18-29(24)31)36-16-4-15-32(26-8-10-27(33)11-9-26)30-13-7-23(19-35)17-25(30)21-38-32/h7-14,17-18,20,22,36-37H,2-6,15-16,21H2,1H3. The first-order valence-corrected chi connectivity index (χ1v) is 13.4. The smallest absolute Gasteiger partial charge is 0.123 e. The molecule has 38 heavy (non-hydrogen) atoms. The van der Waals surface area contributed by atoms with Crippen LogP contribution < -0.4 is 5.32 Å². The maximum Gasteiger partial charge on any atom is 0.123 e. The van der Waals surface area contributed by atoms with Crippen molar-refractivity contribution in [1.82, 2.24) is 10.3 Å². The fourth-order valence-electron chi connectivity index (χ4n) is 5.68. The number of aromatic nitrogens is 1. The molecule has 1 aliphatic heterocycles. The summed E-state index contributed by atoms with van der Waals surface area (Å²) in [6.07, 6.45) is 7.78. The maximum absolute atomic E-state index is 13.7. The summed E-state index contributed by atoms with van der Waals surface area (Å²) in [5.74, 6) is -0.468. The molecular weight excluding hydrogens is 480 g/mol. The molecule has 2 heterocycles. The van der Waals surface area contributed by atoms with E-state index in [4.69, 9.17) is 4.74 Å². The van der Waals surface area contributed by atoms with Crippen molar-refractivity contribution in [2.45, 2.75) is 63.7 Å². The minimum Gasteiger partial charge on any atom is -0.361 e. The predicted molar refractivity (Wildman–Crippen MR) is 146 cm³/mol.